The van der Waals surface area contributed by atoms with Crippen LogP contribution in [0.25, 0.3) is 20.7 Å². The van der Waals surface area contributed by atoms with Crippen LogP contribution in [0.5, 0.6) is 5.75 Å². The van der Waals surface area contributed by atoms with E-state index in [2.05, 4.69) is 25.5 Å². The molecule has 2 aliphatic heterocycles. The van der Waals surface area contributed by atoms with Crippen molar-refractivity contribution in [3.05, 3.63) is 59.0 Å². The number of ether oxygens (including phenoxy) is 2. The van der Waals surface area contributed by atoms with Gasteiger partial charge in [-0.05, 0) is 55.4 Å². The number of carbonyl (C=O) groups is 3. The maximum Gasteiger partial charge on any atom is 0.246 e. The number of aliphatic hydroxyl groups is 1. The number of aromatic nitrogens is 2. The largest absolute Gasteiger partial charge is 0.488 e. The second-order valence-corrected chi connectivity index (χ2v) is 16.9. The van der Waals surface area contributed by atoms with Crippen LogP contribution in [0, 0.1) is 18.2 Å². The minimum Gasteiger partial charge on any atom is -0.488 e. The zero-order valence-corrected chi connectivity index (χ0v) is 33.0. The van der Waals surface area contributed by atoms with Crippen LogP contribution in [-0.4, -0.2) is 95.3 Å². The molecule has 0 saturated carbocycles. The van der Waals surface area contributed by atoms with E-state index in [1.165, 1.54) is 22.3 Å². The number of aryl methyl sites for hydroxylation is 1. The smallest absolute Gasteiger partial charge is 0.246 e. The summed E-state index contributed by atoms with van der Waals surface area (Å²) in [6.45, 7) is 12.3. The van der Waals surface area contributed by atoms with Gasteiger partial charge in [-0.3, -0.25) is 14.4 Å². The fraction of sp³-hybridized carbons (Fsp3) is 0.513. The van der Waals surface area contributed by atoms with E-state index in [0.29, 0.717) is 31.6 Å². The van der Waals surface area contributed by atoms with Crippen LogP contribution in [0.4, 0.5) is 9.52 Å². The minimum absolute atomic E-state index is 0.00969. The molecule has 2 fully saturated rings. The van der Waals surface area contributed by atoms with Crippen molar-refractivity contribution in [2.45, 2.75) is 84.5 Å². The van der Waals surface area contributed by atoms with Crippen molar-refractivity contribution in [1.82, 2.24) is 25.5 Å². The molecule has 15 heteroatoms. The molecular weight excluding hydrogens is 732 g/mol. The summed E-state index contributed by atoms with van der Waals surface area (Å²) in [6.07, 6.45) is 0.274. The van der Waals surface area contributed by atoms with Gasteiger partial charge in [-0.25, -0.2) is 14.4 Å². The Balaban J connectivity index is 1.02. The number of carbonyl (C=O) groups excluding carboxylic acids is 3. The van der Waals surface area contributed by atoms with Crippen LogP contribution in [0.2, 0.25) is 0 Å². The van der Waals surface area contributed by atoms with Gasteiger partial charge >= 0.3 is 0 Å². The molecule has 2 aliphatic rings. The number of unbranched alkanes of at least 4 members (excludes halogenated alkanes) is 1. The summed E-state index contributed by atoms with van der Waals surface area (Å²) in [5.41, 5.74) is 4.53. The van der Waals surface area contributed by atoms with E-state index in [1.54, 1.807) is 17.4 Å². The Kier molecular flexibility index (Phi) is 12.5. The van der Waals surface area contributed by atoms with Gasteiger partial charge in [0.1, 0.15) is 17.6 Å². The fourth-order valence-electron chi connectivity index (χ4n) is 6.77. The van der Waals surface area contributed by atoms with Gasteiger partial charge in [-0.15, -0.1) is 11.3 Å². The van der Waals surface area contributed by atoms with Gasteiger partial charge in [0, 0.05) is 32.5 Å². The van der Waals surface area contributed by atoms with Crippen LogP contribution in [-0.2, 0) is 19.1 Å². The first kappa shape index (κ1) is 39.5. The fourth-order valence-corrected chi connectivity index (χ4v) is 8.60. The highest BCUT2D eigenvalue weighted by molar-refractivity contribution is 7.22. The molecule has 2 saturated heterocycles. The Morgan fingerprint density at radius 1 is 1.09 bits per heavy atom. The van der Waals surface area contributed by atoms with E-state index in [9.17, 15) is 23.9 Å². The lowest BCUT2D eigenvalue weighted by Crippen LogP contribution is -2.57. The van der Waals surface area contributed by atoms with E-state index in [1.807, 2.05) is 64.4 Å². The van der Waals surface area contributed by atoms with Gasteiger partial charge in [0.25, 0.3) is 0 Å². The van der Waals surface area contributed by atoms with Gasteiger partial charge in [0.2, 0.25) is 17.7 Å². The number of benzene rings is 2. The summed E-state index contributed by atoms with van der Waals surface area (Å²) < 4.78 is 27.0. The Morgan fingerprint density at radius 2 is 1.83 bits per heavy atom. The Bertz CT molecular complexity index is 1940. The highest BCUT2D eigenvalue weighted by Gasteiger charge is 2.44. The van der Waals surface area contributed by atoms with E-state index in [4.69, 9.17) is 9.47 Å². The van der Waals surface area contributed by atoms with Crippen LogP contribution in [0.1, 0.15) is 70.7 Å². The molecule has 3 N–H and O–H groups in total. The number of anilines is 1. The maximum atomic E-state index is 14.8. The third-order valence-corrected chi connectivity index (χ3v) is 11.9. The van der Waals surface area contributed by atoms with E-state index in [-0.39, 0.29) is 49.6 Å². The molecule has 0 spiro atoms. The third-order valence-electron chi connectivity index (χ3n) is 9.84. The van der Waals surface area contributed by atoms with Crippen LogP contribution >= 0.6 is 22.7 Å². The average molecular weight is 781 g/mol. The summed E-state index contributed by atoms with van der Waals surface area (Å²) in [6, 6.07) is 8.86. The molecule has 0 unspecified atom stereocenters. The summed E-state index contributed by atoms with van der Waals surface area (Å²) in [4.78, 5) is 54.4. The normalized spacial score (nSPS) is 18.8. The minimum atomic E-state index is -0.931. The third kappa shape index (κ3) is 9.19. The number of nitrogens with zero attached hydrogens (tertiary/aromatic N) is 4. The summed E-state index contributed by atoms with van der Waals surface area (Å²) in [5.74, 6) is -1.49. The lowest BCUT2D eigenvalue weighted by atomic mass is 9.85. The molecule has 6 rings (SSSR count). The molecule has 0 bridgehead atoms. The quantitative estimate of drug-likeness (QED) is 0.147. The maximum absolute atomic E-state index is 14.8. The summed E-state index contributed by atoms with van der Waals surface area (Å²) >= 11 is 3.06. The Labute approximate surface area is 323 Å². The number of amides is 3. The van der Waals surface area contributed by atoms with E-state index >= 15 is 0 Å². The SMILES string of the molecule is Cc1ncsc1-c1ccc([C@H](C)NC(=O)[C@@H]2C[C@@H](O)CN2C(=O)[C@@H](NC(=O)CCCCOc2c(F)ccc3sc(N4CCOCC4)nc23)C(C)(C)C)cc1. The molecule has 4 aromatic rings. The zero-order valence-electron chi connectivity index (χ0n) is 31.4. The number of morpholine rings is 1. The van der Waals surface area contributed by atoms with E-state index < -0.39 is 35.3 Å². The number of nitrogens with one attached hydrogen (secondary N) is 2. The first-order valence-corrected chi connectivity index (χ1v) is 20.1. The van der Waals surface area contributed by atoms with Gasteiger partial charge in [-0.2, -0.15) is 0 Å². The Hall–Kier alpha value is -4.18. The average Bonchev–Trinajstić information content (AvgIpc) is 3.89. The van der Waals surface area contributed by atoms with Gasteiger partial charge in [0.05, 0.1) is 52.7 Å². The van der Waals surface area contributed by atoms with Gasteiger partial charge in [-0.1, -0.05) is 56.4 Å². The predicted octanol–water partition coefficient (Wildman–Crippen LogP) is 5.62. The molecule has 12 nitrogen and oxygen atoms in total. The molecule has 0 radical (unpaired) electrons. The number of hydrogen-bond acceptors (Lipinski definition) is 11. The van der Waals surface area contributed by atoms with Crippen LogP contribution in [0.15, 0.2) is 41.9 Å². The number of aliphatic hydroxyl groups excluding tert-OH is 1. The zero-order chi connectivity index (χ0) is 38.6. The number of fused-ring (bicyclic) bond motifs is 1. The van der Waals surface area contributed by atoms with Crippen molar-refractivity contribution in [2.75, 3.05) is 44.4 Å². The first-order chi connectivity index (χ1) is 25.8. The molecule has 0 aliphatic carbocycles. The number of β-amino-alcohol motifs (C(OH)–C–C–N with tert-alkyl or cyclic N) is 1. The van der Waals surface area contributed by atoms with Gasteiger partial charge in [0.15, 0.2) is 16.7 Å². The van der Waals surface area contributed by atoms with Crippen molar-refractivity contribution in [3.8, 4) is 16.2 Å². The molecule has 54 heavy (non-hydrogen) atoms. The molecular formula is C39H49FN6O6S2. The van der Waals surface area contributed by atoms with E-state index in [0.717, 1.165) is 44.6 Å². The summed E-state index contributed by atoms with van der Waals surface area (Å²) in [5, 5.41) is 17.3. The number of likely N-dealkylation sites (tertiary alicyclic amines) is 1. The number of thiazole rings is 2. The topological polar surface area (TPSA) is 146 Å². The predicted molar refractivity (Wildman–Crippen MR) is 208 cm³/mol. The summed E-state index contributed by atoms with van der Waals surface area (Å²) in [7, 11) is 0. The lowest BCUT2D eigenvalue weighted by molar-refractivity contribution is -0.144. The van der Waals surface area contributed by atoms with Crippen molar-refractivity contribution in [1.29, 1.82) is 0 Å². The van der Waals surface area contributed by atoms with Crippen molar-refractivity contribution in [3.63, 3.8) is 0 Å². The molecule has 3 amide bonds. The highest BCUT2D eigenvalue weighted by Crippen LogP contribution is 2.36. The molecule has 2 aromatic heterocycles. The second-order valence-electron chi connectivity index (χ2n) is 15.0. The van der Waals surface area contributed by atoms with Gasteiger partial charge < -0.3 is 35.0 Å². The number of hydrogen-bond donors (Lipinski definition) is 3. The van der Waals surface area contributed by atoms with Crippen LogP contribution < -0.4 is 20.3 Å². The monoisotopic (exact) mass is 780 g/mol. The lowest BCUT2D eigenvalue weighted by Gasteiger charge is -2.35. The standard InChI is InChI=1S/C39H49FN6O6S2/c1-23(25-9-11-26(12-10-25)34-24(2)41-22-53-34)42-36(49)29-20-27(47)21-46(29)37(50)35(39(3,4)5)43-31(48)8-6-7-17-52-33-28(40)13-14-30-32(33)44-38(54-30)45-15-18-51-19-16-45/h9-14,22-23,27,29,35,47H,6-8,15-21H2,1-5H3,(H,42,49)(H,43,48)/t23-,27+,29-,35+/m0/s1. The highest BCUT2D eigenvalue weighted by atomic mass is 32.1. The second kappa shape index (κ2) is 17.1. The van der Waals surface area contributed by atoms with Crippen molar-refractivity contribution < 1.29 is 33.4 Å². The number of rotatable bonds is 13. The first-order valence-electron chi connectivity index (χ1n) is 18.4. The number of halogens is 1. The van der Waals surface area contributed by atoms with Crippen molar-refractivity contribution in [2.24, 2.45) is 5.41 Å². The van der Waals surface area contributed by atoms with Crippen molar-refractivity contribution >= 4 is 55.7 Å². The molecule has 4 heterocycles. The molecule has 290 valence electrons. The Morgan fingerprint density at radius 3 is 2.52 bits per heavy atom. The molecule has 2 aromatic carbocycles. The molecule has 4 atom stereocenters. The van der Waals surface area contributed by atoms with Crippen LogP contribution in [0.3, 0.4) is 0 Å².